The minimum Gasteiger partial charge on any atom is -0.462 e. The van der Waals surface area contributed by atoms with E-state index in [1.807, 2.05) is 0 Å². The highest BCUT2D eigenvalue weighted by Gasteiger charge is 2.19. The van der Waals surface area contributed by atoms with Gasteiger partial charge in [-0.1, -0.05) is 233 Å². The molecule has 1 atom stereocenters. The molecule has 326 valence electrons. The van der Waals surface area contributed by atoms with Crippen LogP contribution in [0.2, 0.25) is 0 Å². The predicted octanol–water partition coefficient (Wildman–Crippen LogP) is 15.5. The van der Waals surface area contributed by atoms with Crippen LogP contribution in [0.4, 0.5) is 0 Å². The molecule has 0 amide bonds. The first-order chi connectivity index (χ1) is 26.9. The van der Waals surface area contributed by atoms with Crippen LogP contribution in [-0.4, -0.2) is 37.2 Å². The molecule has 0 aliphatic rings. The molecule has 0 unspecified atom stereocenters. The smallest absolute Gasteiger partial charge is 0.306 e. The molecule has 0 fully saturated rings. The highest BCUT2D eigenvalue weighted by molar-refractivity contribution is 5.71. The highest BCUT2D eigenvalue weighted by atomic mass is 16.6. The number of unbranched alkanes of at least 4 members (excludes halogenated alkanes) is 31. The summed E-state index contributed by atoms with van der Waals surface area (Å²) < 4.78 is 16.7. The van der Waals surface area contributed by atoms with Crippen molar-refractivity contribution < 1.29 is 28.6 Å². The van der Waals surface area contributed by atoms with Crippen LogP contribution in [0.25, 0.3) is 0 Å². The van der Waals surface area contributed by atoms with Crippen LogP contribution in [0, 0.1) is 5.92 Å². The quantitative estimate of drug-likeness (QED) is 0.0348. The van der Waals surface area contributed by atoms with Gasteiger partial charge in [0.05, 0.1) is 0 Å². The summed E-state index contributed by atoms with van der Waals surface area (Å²) in [6, 6.07) is 0. The molecule has 0 radical (unpaired) electrons. The molecule has 0 bridgehead atoms. The van der Waals surface area contributed by atoms with Crippen molar-refractivity contribution in [2.45, 2.75) is 278 Å². The van der Waals surface area contributed by atoms with Gasteiger partial charge in [-0.2, -0.15) is 0 Å². The number of carbonyl (C=O) groups excluding carboxylic acids is 3. The summed E-state index contributed by atoms with van der Waals surface area (Å²) in [6.45, 7) is 8.97. The second kappa shape index (κ2) is 43.5. The van der Waals surface area contributed by atoms with Crippen LogP contribution in [0.3, 0.4) is 0 Å². The minimum absolute atomic E-state index is 0.0638. The van der Waals surface area contributed by atoms with Crippen LogP contribution < -0.4 is 0 Å². The van der Waals surface area contributed by atoms with E-state index in [9.17, 15) is 14.4 Å². The standard InChI is InChI=1S/C49H94O6/c1-5-7-9-11-13-14-15-16-17-18-19-22-25-29-32-36-40-47(50)53-43-46(55-49(52)42-38-34-27-12-10-8-6-2)44-54-48(51)41-37-33-30-26-23-20-21-24-28-31-35-39-45(3)4/h45-46H,5-44H2,1-4H3/t46-/m0/s1. The summed E-state index contributed by atoms with van der Waals surface area (Å²) in [7, 11) is 0. The monoisotopic (exact) mass is 779 g/mol. The van der Waals surface area contributed by atoms with Crippen molar-refractivity contribution in [1.82, 2.24) is 0 Å². The van der Waals surface area contributed by atoms with Crippen molar-refractivity contribution >= 4 is 17.9 Å². The van der Waals surface area contributed by atoms with Crippen LogP contribution in [0.15, 0.2) is 0 Å². The fourth-order valence-electron chi connectivity index (χ4n) is 7.33. The van der Waals surface area contributed by atoms with Gasteiger partial charge in [0.2, 0.25) is 0 Å². The molecule has 0 heterocycles. The lowest BCUT2D eigenvalue weighted by molar-refractivity contribution is -0.167. The van der Waals surface area contributed by atoms with Gasteiger partial charge >= 0.3 is 17.9 Å². The predicted molar refractivity (Wildman–Crippen MR) is 233 cm³/mol. The Hall–Kier alpha value is -1.59. The zero-order valence-electron chi connectivity index (χ0n) is 37.4. The molecule has 0 aliphatic carbocycles. The topological polar surface area (TPSA) is 78.9 Å². The van der Waals surface area contributed by atoms with Gasteiger partial charge in [-0.05, 0) is 25.2 Å². The Morgan fingerprint density at radius 3 is 0.891 bits per heavy atom. The van der Waals surface area contributed by atoms with E-state index in [2.05, 4.69) is 27.7 Å². The van der Waals surface area contributed by atoms with Gasteiger partial charge in [0.1, 0.15) is 13.2 Å². The third kappa shape index (κ3) is 43.4. The van der Waals surface area contributed by atoms with E-state index in [1.165, 1.54) is 167 Å². The van der Waals surface area contributed by atoms with Gasteiger partial charge in [0, 0.05) is 19.3 Å². The minimum atomic E-state index is -0.758. The van der Waals surface area contributed by atoms with E-state index in [4.69, 9.17) is 14.2 Å². The zero-order valence-corrected chi connectivity index (χ0v) is 37.4. The fraction of sp³-hybridized carbons (Fsp3) is 0.939. The molecule has 0 N–H and O–H groups in total. The Morgan fingerprint density at radius 1 is 0.345 bits per heavy atom. The van der Waals surface area contributed by atoms with Crippen molar-refractivity contribution in [3.05, 3.63) is 0 Å². The third-order valence-electron chi connectivity index (χ3n) is 11.0. The molecule has 0 aliphatic heterocycles. The van der Waals surface area contributed by atoms with E-state index in [-0.39, 0.29) is 31.1 Å². The lowest BCUT2D eigenvalue weighted by Gasteiger charge is -2.18. The highest BCUT2D eigenvalue weighted by Crippen LogP contribution is 2.17. The first kappa shape index (κ1) is 53.4. The first-order valence-electron chi connectivity index (χ1n) is 24.4. The molecule has 0 saturated heterocycles. The second-order valence-electron chi connectivity index (χ2n) is 17.2. The van der Waals surface area contributed by atoms with Gasteiger partial charge in [-0.3, -0.25) is 14.4 Å². The van der Waals surface area contributed by atoms with E-state index in [1.54, 1.807) is 0 Å². The fourth-order valence-corrected chi connectivity index (χ4v) is 7.33. The number of hydrogen-bond acceptors (Lipinski definition) is 6. The summed E-state index contributed by atoms with van der Waals surface area (Å²) in [5, 5.41) is 0. The van der Waals surface area contributed by atoms with Crippen molar-refractivity contribution in [3.8, 4) is 0 Å². The molecule has 0 aromatic heterocycles. The van der Waals surface area contributed by atoms with Crippen molar-refractivity contribution in [1.29, 1.82) is 0 Å². The van der Waals surface area contributed by atoms with E-state index in [0.29, 0.717) is 19.3 Å². The molecular formula is C49H94O6. The SMILES string of the molecule is CCCCCCCCCCCCCCCCCCC(=O)OC[C@@H](COC(=O)CCCCCCCCCCCCCC(C)C)OC(=O)CCCCCCCCC. The summed E-state index contributed by atoms with van der Waals surface area (Å²) in [5.74, 6) is -0.0291. The molecule has 0 aromatic carbocycles. The van der Waals surface area contributed by atoms with Gasteiger partial charge in [0.25, 0.3) is 0 Å². The van der Waals surface area contributed by atoms with E-state index in [0.717, 1.165) is 63.7 Å². The van der Waals surface area contributed by atoms with Crippen molar-refractivity contribution in [2.24, 2.45) is 5.92 Å². The Balaban J connectivity index is 4.19. The van der Waals surface area contributed by atoms with Gasteiger partial charge in [0.15, 0.2) is 6.10 Å². The Morgan fingerprint density at radius 2 is 0.600 bits per heavy atom. The van der Waals surface area contributed by atoms with Crippen molar-refractivity contribution in [3.63, 3.8) is 0 Å². The second-order valence-corrected chi connectivity index (χ2v) is 17.2. The van der Waals surface area contributed by atoms with Gasteiger partial charge in [-0.25, -0.2) is 0 Å². The molecule has 6 heteroatoms. The maximum Gasteiger partial charge on any atom is 0.306 e. The van der Waals surface area contributed by atoms with Gasteiger partial charge < -0.3 is 14.2 Å². The number of esters is 3. The first-order valence-corrected chi connectivity index (χ1v) is 24.4. The zero-order chi connectivity index (χ0) is 40.3. The Labute approximate surface area is 342 Å². The summed E-state index contributed by atoms with van der Waals surface area (Å²) in [5.41, 5.74) is 0. The average Bonchev–Trinajstić information content (AvgIpc) is 3.17. The maximum atomic E-state index is 12.6. The number of ether oxygens (including phenoxy) is 3. The number of hydrogen-bond donors (Lipinski definition) is 0. The van der Waals surface area contributed by atoms with Crippen molar-refractivity contribution in [2.75, 3.05) is 13.2 Å². The molecule has 55 heavy (non-hydrogen) atoms. The summed E-state index contributed by atoms with van der Waals surface area (Å²) >= 11 is 0. The number of rotatable bonds is 44. The maximum absolute atomic E-state index is 12.6. The molecule has 0 spiro atoms. The molecule has 0 rings (SSSR count). The molecule has 0 saturated carbocycles. The molecular weight excluding hydrogens is 685 g/mol. The average molecular weight is 779 g/mol. The third-order valence-corrected chi connectivity index (χ3v) is 11.0. The lowest BCUT2D eigenvalue weighted by Crippen LogP contribution is -2.30. The van der Waals surface area contributed by atoms with Crippen LogP contribution in [0.5, 0.6) is 0 Å². The lowest BCUT2D eigenvalue weighted by atomic mass is 10.0. The summed E-state index contributed by atoms with van der Waals surface area (Å²) in [6.07, 6.45) is 43.8. The molecule has 6 nitrogen and oxygen atoms in total. The number of carbonyl (C=O) groups is 3. The Kier molecular flexibility index (Phi) is 42.3. The van der Waals surface area contributed by atoms with E-state index >= 15 is 0 Å². The van der Waals surface area contributed by atoms with Crippen LogP contribution >= 0.6 is 0 Å². The van der Waals surface area contributed by atoms with Crippen LogP contribution in [-0.2, 0) is 28.6 Å². The molecule has 0 aromatic rings. The normalized spacial score (nSPS) is 11.9. The Bertz CT molecular complexity index is 826. The van der Waals surface area contributed by atoms with Crippen LogP contribution in [0.1, 0.15) is 272 Å². The summed E-state index contributed by atoms with van der Waals surface area (Å²) in [4.78, 5) is 37.7. The van der Waals surface area contributed by atoms with E-state index < -0.39 is 6.10 Å². The largest absolute Gasteiger partial charge is 0.462 e. The van der Waals surface area contributed by atoms with Gasteiger partial charge in [-0.15, -0.1) is 0 Å².